The predicted octanol–water partition coefficient (Wildman–Crippen LogP) is 2.83. The predicted molar refractivity (Wildman–Crippen MR) is 102 cm³/mol. The lowest BCUT2D eigenvalue weighted by Crippen LogP contribution is -2.18. The van der Waals surface area contributed by atoms with Gasteiger partial charge < -0.3 is 14.9 Å². The number of methoxy groups -OCH3 is 1. The first-order valence-electron chi connectivity index (χ1n) is 8.08. The van der Waals surface area contributed by atoms with Crippen LogP contribution >= 0.6 is 11.3 Å². The van der Waals surface area contributed by atoms with Gasteiger partial charge in [-0.2, -0.15) is 10.1 Å². The summed E-state index contributed by atoms with van der Waals surface area (Å²) in [5.74, 6) is 0.548. The molecule has 2 aromatic carbocycles. The number of aromatic nitrogens is 3. The molecule has 8 heteroatoms. The molecule has 2 aromatic heterocycles. The van der Waals surface area contributed by atoms with Crippen LogP contribution in [0.4, 0.5) is 0 Å². The van der Waals surface area contributed by atoms with E-state index in [1.54, 1.807) is 40.9 Å². The molecule has 0 radical (unpaired) electrons. The summed E-state index contributed by atoms with van der Waals surface area (Å²) in [6, 6.07) is 11.6. The third-order valence-corrected chi connectivity index (χ3v) is 4.95. The Morgan fingerprint density at radius 1 is 1.15 bits per heavy atom. The van der Waals surface area contributed by atoms with Crippen LogP contribution in [-0.4, -0.2) is 31.9 Å². The highest BCUT2D eigenvalue weighted by atomic mass is 32.1. The first-order valence-corrected chi connectivity index (χ1v) is 8.96. The second kappa shape index (κ2) is 6.73. The molecule has 0 atom stereocenters. The maximum atomic E-state index is 12.4. The number of aromatic hydroxyl groups is 2. The number of benzene rings is 2. The second-order valence-electron chi connectivity index (χ2n) is 5.91. The molecule has 7 nitrogen and oxygen atoms in total. The summed E-state index contributed by atoms with van der Waals surface area (Å²) < 4.78 is 6.74. The smallest absolute Gasteiger partial charge is 0.296 e. The topological polar surface area (TPSA) is 97.0 Å². The van der Waals surface area contributed by atoms with Crippen molar-refractivity contribution in [3.8, 4) is 28.5 Å². The van der Waals surface area contributed by atoms with Gasteiger partial charge in [0.1, 0.15) is 11.4 Å². The number of phenolic OH excluding ortho intramolecular Hbond substituents is 2. The Bertz CT molecular complexity index is 1180. The number of fused-ring (bicyclic) bond motifs is 1. The number of ether oxygens (including phenoxy) is 1. The largest absolute Gasteiger partial charge is 0.508 e. The molecule has 2 heterocycles. The molecule has 136 valence electrons. The highest BCUT2D eigenvalue weighted by Gasteiger charge is 2.13. The van der Waals surface area contributed by atoms with Gasteiger partial charge in [-0.25, -0.2) is 4.52 Å². The molecule has 0 aliphatic rings. The molecular formula is C19H15N3O4S. The molecule has 0 bridgehead atoms. The lowest BCUT2D eigenvalue weighted by molar-refractivity contribution is 0.373. The van der Waals surface area contributed by atoms with E-state index in [-0.39, 0.29) is 23.5 Å². The molecule has 2 N–H and O–H groups in total. The van der Waals surface area contributed by atoms with Crippen LogP contribution in [0, 0.1) is 0 Å². The van der Waals surface area contributed by atoms with E-state index in [1.807, 2.05) is 5.38 Å². The Balaban J connectivity index is 1.77. The number of thiazole rings is 1. The van der Waals surface area contributed by atoms with E-state index in [0.717, 1.165) is 16.8 Å². The van der Waals surface area contributed by atoms with Crippen molar-refractivity contribution in [2.45, 2.75) is 6.42 Å². The molecule has 4 aromatic rings. The van der Waals surface area contributed by atoms with Gasteiger partial charge in [-0.1, -0.05) is 6.07 Å². The molecule has 0 unspecified atom stereocenters. The maximum Gasteiger partial charge on any atom is 0.296 e. The van der Waals surface area contributed by atoms with Crippen LogP contribution in [-0.2, 0) is 6.42 Å². The van der Waals surface area contributed by atoms with Crippen molar-refractivity contribution >= 4 is 16.3 Å². The van der Waals surface area contributed by atoms with Crippen molar-refractivity contribution in [1.29, 1.82) is 0 Å². The Kier molecular flexibility index (Phi) is 4.25. The van der Waals surface area contributed by atoms with Gasteiger partial charge >= 0.3 is 0 Å². The average molecular weight is 381 g/mol. The lowest BCUT2D eigenvalue weighted by Gasteiger charge is -2.07. The monoisotopic (exact) mass is 381 g/mol. The third kappa shape index (κ3) is 3.22. The average Bonchev–Trinajstić information content (AvgIpc) is 3.06. The van der Waals surface area contributed by atoms with Gasteiger partial charge in [0.2, 0.25) is 4.96 Å². The van der Waals surface area contributed by atoms with E-state index in [2.05, 4.69) is 10.1 Å². The van der Waals surface area contributed by atoms with Crippen LogP contribution < -0.4 is 10.3 Å². The Morgan fingerprint density at radius 3 is 2.67 bits per heavy atom. The minimum absolute atomic E-state index is 0.0342. The summed E-state index contributed by atoms with van der Waals surface area (Å²) in [6.45, 7) is 0. The summed E-state index contributed by atoms with van der Waals surface area (Å²) in [5, 5.41) is 25.6. The normalized spacial score (nSPS) is 11.0. The van der Waals surface area contributed by atoms with Gasteiger partial charge in [-0.15, -0.1) is 11.3 Å². The molecule has 0 spiro atoms. The maximum absolute atomic E-state index is 12.4. The number of hydrogen-bond donors (Lipinski definition) is 2. The van der Waals surface area contributed by atoms with E-state index in [0.29, 0.717) is 16.4 Å². The van der Waals surface area contributed by atoms with Crippen LogP contribution in [0.5, 0.6) is 17.2 Å². The summed E-state index contributed by atoms with van der Waals surface area (Å²) in [4.78, 5) is 17.0. The Labute approximate surface area is 157 Å². The SMILES string of the molecule is COc1cc(Cc2nn3c(-c4ccc(O)cc4)csc3nc2=O)ccc1O. The van der Waals surface area contributed by atoms with Crippen molar-refractivity contribution in [2.24, 2.45) is 0 Å². The fourth-order valence-electron chi connectivity index (χ4n) is 2.76. The third-order valence-electron chi connectivity index (χ3n) is 4.13. The van der Waals surface area contributed by atoms with Gasteiger partial charge in [0, 0.05) is 17.4 Å². The Morgan fingerprint density at radius 2 is 1.93 bits per heavy atom. The highest BCUT2D eigenvalue weighted by Crippen LogP contribution is 2.28. The van der Waals surface area contributed by atoms with Crippen molar-refractivity contribution in [2.75, 3.05) is 7.11 Å². The van der Waals surface area contributed by atoms with Gasteiger partial charge in [-0.3, -0.25) is 4.79 Å². The van der Waals surface area contributed by atoms with Crippen LogP contribution in [0.2, 0.25) is 0 Å². The lowest BCUT2D eigenvalue weighted by atomic mass is 10.1. The van der Waals surface area contributed by atoms with E-state index < -0.39 is 0 Å². The van der Waals surface area contributed by atoms with Gasteiger partial charge in [0.05, 0.1) is 12.8 Å². The second-order valence-corrected chi connectivity index (χ2v) is 6.75. The number of phenols is 2. The van der Waals surface area contributed by atoms with Crippen LogP contribution in [0.15, 0.2) is 52.6 Å². The van der Waals surface area contributed by atoms with E-state index in [4.69, 9.17) is 4.74 Å². The zero-order chi connectivity index (χ0) is 19.0. The van der Waals surface area contributed by atoms with E-state index in [1.165, 1.54) is 24.5 Å². The van der Waals surface area contributed by atoms with Crippen molar-refractivity contribution in [3.63, 3.8) is 0 Å². The Hall–Kier alpha value is -3.39. The van der Waals surface area contributed by atoms with Crippen LogP contribution in [0.25, 0.3) is 16.2 Å². The van der Waals surface area contributed by atoms with Gasteiger partial charge in [0.15, 0.2) is 11.5 Å². The summed E-state index contributed by atoms with van der Waals surface area (Å²) in [6.07, 6.45) is 0.260. The van der Waals surface area contributed by atoms with Gasteiger partial charge in [-0.05, 0) is 42.0 Å². The first-order chi connectivity index (χ1) is 13.0. The first kappa shape index (κ1) is 17.0. The van der Waals surface area contributed by atoms with Crippen molar-refractivity contribution in [3.05, 3.63) is 69.5 Å². The summed E-state index contributed by atoms with van der Waals surface area (Å²) in [5.41, 5.74) is 2.32. The van der Waals surface area contributed by atoms with E-state index in [9.17, 15) is 15.0 Å². The zero-order valence-electron chi connectivity index (χ0n) is 14.3. The number of rotatable bonds is 4. The van der Waals surface area contributed by atoms with E-state index >= 15 is 0 Å². The zero-order valence-corrected chi connectivity index (χ0v) is 15.1. The molecule has 0 aliphatic carbocycles. The molecule has 0 fully saturated rings. The highest BCUT2D eigenvalue weighted by molar-refractivity contribution is 7.15. The molecular weight excluding hydrogens is 366 g/mol. The fraction of sp³-hybridized carbons (Fsp3) is 0.105. The molecule has 0 saturated heterocycles. The number of nitrogens with zero attached hydrogens (tertiary/aromatic N) is 3. The van der Waals surface area contributed by atoms with Gasteiger partial charge in [0.25, 0.3) is 5.56 Å². The standard InChI is InChI=1S/C19H15N3O4S/c1-26-17-9-11(2-7-16(17)24)8-14-18(25)20-19-22(21-14)15(10-27-19)12-3-5-13(23)6-4-12/h2-7,9-10,23-24H,8H2,1H3. The van der Waals surface area contributed by atoms with Crippen molar-refractivity contribution in [1.82, 2.24) is 14.6 Å². The number of hydrogen-bond acceptors (Lipinski definition) is 7. The van der Waals surface area contributed by atoms with Crippen LogP contribution in [0.3, 0.4) is 0 Å². The molecule has 27 heavy (non-hydrogen) atoms. The molecule has 0 aliphatic heterocycles. The quantitative estimate of drug-likeness (QED) is 0.564. The minimum atomic E-state index is -0.388. The molecule has 4 rings (SSSR count). The molecule has 0 amide bonds. The fourth-order valence-corrected chi connectivity index (χ4v) is 3.58. The molecule has 0 saturated carbocycles. The van der Waals surface area contributed by atoms with Crippen LogP contribution in [0.1, 0.15) is 11.3 Å². The summed E-state index contributed by atoms with van der Waals surface area (Å²) >= 11 is 1.32. The van der Waals surface area contributed by atoms with Crippen molar-refractivity contribution < 1.29 is 14.9 Å². The summed E-state index contributed by atoms with van der Waals surface area (Å²) in [7, 11) is 1.47. The minimum Gasteiger partial charge on any atom is -0.508 e.